The van der Waals surface area contributed by atoms with Gasteiger partial charge in [0.25, 0.3) is 5.89 Å². The van der Waals surface area contributed by atoms with E-state index in [0.29, 0.717) is 47.9 Å². The molecular formula is C24H29F2N5O3. The zero-order valence-corrected chi connectivity index (χ0v) is 19.6. The molecular weight excluding hydrogens is 444 g/mol. The van der Waals surface area contributed by atoms with Crippen molar-refractivity contribution in [2.75, 3.05) is 38.3 Å². The van der Waals surface area contributed by atoms with E-state index in [1.807, 2.05) is 11.8 Å². The molecule has 0 aliphatic carbocycles. The average molecular weight is 474 g/mol. The summed E-state index contributed by atoms with van der Waals surface area (Å²) in [6, 6.07) is 2.94. The minimum Gasteiger partial charge on any atom is -0.497 e. The molecule has 1 N–H and O–H groups in total. The predicted molar refractivity (Wildman–Crippen MR) is 124 cm³/mol. The maximum Gasteiger partial charge on any atom is 0.261 e. The van der Waals surface area contributed by atoms with Crippen LogP contribution in [0, 0.1) is 19.7 Å². The van der Waals surface area contributed by atoms with Crippen LogP contribution in [0.4, 0.5) is 14.6 Å². The topological polar surface area (TPSA) is 85.5 Å². The zero-order valence-electron chi connectivity index (χ0n) is 19.6. The Bertz CT molecular complexity index is 1180. The van der Waals surface area contributed by atoms with Crippen molar-refractivity contribution in [1.29, 1.82) is 0 Å². The Balaban J connectivity index is 1.51. The van der Waals surface area contributed by atoms with E-state index in [2.05, 4.69) is 20.4 Å². The Morgan fingerprint density at radius 3 is 2.74 bits per heavy atom. The molecule has 8 nitrogen and oxygen atoms in total. The summed E-state index contributed by atoms with van der Waals surface area (Å²) in [5.41, 5.74) is 1.50. The van der Waals surface area contributed by atoms with Crippen molar-refractivity contribution in [3.8, 4) is 17.2 Å². The third-order valence-electron chi connectivity index (χ3n) is 6.69. The van der Waals surface area contributed by atoms with Crippen molar-refractivity contribution in [1.82, 2.24) is 20.4 Å². The number of benzene rings is 1. The summed E-state index contributed by atoms with van der Waals surface area (Å²) in [5.74, 6) is 1.08. The Kier molecular flexibility index (Phi) is 6.35. The van der Waals surface area contributed by atoms with Crippen LogP contribution in [0.25, 0.3) is 22.4 Å². The van der Waals surface area contributed by atoms with Gasteiger partial charge in [0, 0.05) is 36.7 Å². The number of rotatable bonds is 5. The first kappa shape index (κ1) is 22.9. The van der Waals surface area contributed by atoms with Crippen LogP contribution in [0.5, 0.6) is 5.75 Å². The lowest BCUT2D eigenvalue weighted by Crippen LogP contribution is -2.55. The first-order chi connectivity index (χ1) is 16.4. The summed E-state index contributed by atoms with van der Waals surface area (Å²) in [7, 11) is 1.49. The summed E-state index contributed by atoms with van der Waals surface area (Å²) >= 11 is 0. The number of nitrogens with zero attached hydrogens (tertiary/aromatic N) is 4. The molecule has 0 radical (unpaired) electrons. The molecule has 3 atom stereocenters. The van der Waals surface area contributed by atoms with E-state index in [4.69, 9.17) is 14.0 Å². The summed E-state index contributed by atoms with van der Waals surface area (Å²) in [6.45, 7) is 5.64. The van der Waals surface area contributed by atoms with E-state index >= 15 is 4.39 Å². The number of hydrogen-bond donors (Lipinski definition) is 1. The van der Waals surface area contributed by atoms with Crippen molar-refractivity contribution < 1.29 is 22.8 Å². The Hall–Kier alpha value is -2.85. The van der Waals surface area contributed by atoms with Crippen molar-refractivity contribution in [3.05, 3.63) is 29.3 Å². The highest BCUT2D eigenvalue weighted by Gasteiger charge is 2.34. The Morgan fingerprint density at radius 1 is 1.21 bits per heavy atom. The molecule has 2 saturated heterocycles. The van der Waals surface area contributed by atoms with Gasteiger partial charge in [-0.3, -0.25) is 0 Å². The minimum atomic E-state index is -1.12. The Morgan fingerprint density at radius 2 is 2.06 bits per heavy atom. The van der Waals surface area contributed by atoms with Crippen LogP contribution in [-0.2, 0) is 4.74 Å². The van der Waals surface area contributed by atoms with E-state index < -0.39 is 12.0 Å². The molecule has 0 bridgehead atoms. The van der Waals surface area contributed by atoms with Crippen molar-refractivity contribution in [3.63, 3.8) is 0 Å². The third-order valence-corrected chi connectivity index (χ3v) is 6.69. The fourth-order valence-electron chi connectivity index (χ4n) is 4.90. The van der Waals surface area contributed by atoms with Gasteiger partial charge in [0.05, 0.1) is 25.8 Å². The standard InChI is InChI=1S/C24H29F2N5O3/c1-13-17-9-16(32-3)10-18(25)22(17)29-23(21(13)24-27-14(2)30-34-24)31-7-6-20(19(26)11-31)28-15-5-4-8-33-12-15/h9-10,15,19-20,28H,4-8,11-12H2,1-3H3/t15-,19+,20-/m0/s1. The highest BCUT2D eigenvalue weighted by atomic mass is 19.1. The van der Waals surface area contributed by atoms with Gasteiger partial charge in [0.15, 0.2) is 11.6 Å². The highest BCUT2D eigenvalue weighted by Crippen LogP contribution is 2.39. The normalized spacial score (nSPS) is 23.4. The average Bonchev–Trinajstić information content (AvgIpc) is 3.27. The monoisotopic (exact) mass is 473 g/mol. The maximum absolute atomic E-state index is 15.4. The summed E-state index contributed by atoms with van der Waals surface area (Å²) in [4.78, 5) is 10.9. The van der Waals surface area contributed by atoms with Gasteiger partial charge < -0.3 is 24.2 Å². The number of methoxy groups -OCH3 is 1. The second kappa shape index (κ2) is 9.42. The molecule has 2 aliphatic heterocycles. The van der Waals surface area contributed by atoms with Gasteiger partial charge in [-0.15, -0.1) is 0 Å². The number of fused-ring (bicyclic) bond motifs is 1. The number of ether oxygens (including phenoxy) is 2. The smallest absolute Gasteiger partial charge is 0.261 e. The molecule has 34 heavy (non-hydrogen) atoms. The molecule has 2 aromatic heterocycles. The molecule has 0 spiro atoms. The molecule has 4 heterocycles. The molecule has 10 heteroatoms. The quantitative estimate of drug-likeness (QED) is 0.600. The lowest BCUT2D eigenvalue weighted by Gasteiger charge is -2.38. The number of aromatic nitrogens is 3. The van der Waals surface area contributed by atoms with Crippen LogP contribution in [-0.4, -0.2) is 66.8 Å². The molecule has 3 aromatic rings. The number of aryl methyl sites for hydroxylation is 2. The van der Waals surface area contributed by atoms with Crippen LogP contribution in [0.2, 0.25) is 0 Å². The number of nitrogens with one attached hydrogen (secondary N) is 1. The van der Waals surface area contributed by atoms with E-state index in [0.717, 1.165) is 25.0 Å². The van der Waals surface area contributed by atoms with Crippen molar-refractivity contribution in [2.45, 2.75) is 51.4 Å². The van der Waals surface area contributed by atoms with Gasteiger partial charge in [-0.25, -0.2) is 13.8 Å². The number of anilines is 1. The lowest BCUT2D eigenvalue weighted by molar-refractivity contribution is 0.0588. The van der Waals surface area contributed by atoms with Gasteiger partial charge in [-0.1, -0.05) is 5.16 Å². The number of alkyl halides is 1. The molecule has 2 aliphatic rings. The summed E-state index contributed by atoms with van der Waals surface area (Å²) in [5, 5.41) is 7.93. The fourth-order valence-corrected chi connectivity index (χ4v) is 4.90. The molecule has 1 aromatic carbocycles. The maximum atomic E-state index is 15.4. The van der Waals surface area contributed by atoms with Crippen molar-refractivity contribution >= 4 is 16.7 Å². The predicted octanol–water partition coefficient (Wildman–Crippen LogP) is 3.73. The van der Waals surface area contributed by atoms with Crippen LogP contribution in [0.1, 0.15) is 30.7 Å². The highest BCUT2D eigenvalue weighted by molar-refractivity contribution is 5.93. The first-order valence-corrected chi connectivity index (χ1v) is 11.7. The number of pyridine rings is 1. The van der Waals surface area contributed by atoms with Crippen molar-refractivity contribution in [2.24, 2.45) is 0 Å². The number of piperidine rings is 1. The van der Waals surface area contributed by atoms with Crippen LogP contribution in [0.3, 0.4) is 0 Å². The molecule has 182 valence electrons. The van der Waals surface area contributed by atoms with E-state index in [9.17, 15) is 4.39 Å². The zero-order chi connectivity index (χ0) is 23.8. The first-order valence-electron chi connectivity index (χ1n) is 11.7. The van der Waals surface area contributed by atoms with E-state index in [-0.39, 0.29) is 30.0 Å². The summed E-state index contributed by atoms with van der Waals surface area (Å²) in [6.07, 6.45) is 1.44. The largest absolute Gasteiger partial charge is 0.497 e. The second-order valence-corrected chi connectivity index (χ2v) is 9.03. The molecule has 2 fully saturated rings. The van der Waals surface area contributed by atoms with Crippen LogP contribution < -0.4 is 15.0 Å². The number of halogens is 2. The molecule has 0 amide bonds. The summed E-state index contributed by atoms with van der Waals surface area (Å²) < 4.78 is 46.6. The third kappa shape index (κ3) is 4.32. The molecule has 0 saturated carbocycles. The van der Waals surface area contributed by atoms with Gasteiger partial charge in [0.1, 0.15) is 23.3 Å². The second-order valence-electron chi connectivity index (χ2n) is 9.03. The SMILES string of the molecule is COc1cc(F)c2nc(N3CC[C@H](N[C@H]4CCCOC4)[C@H](F)C3)c(-c3nc(C)no3)c(C)c2c1. The fraction of sp³-hybridized carbons (Fsp3) is 0.542. The van der Waals surface area contributed by atoms with Crippen LogP contribution in [0.15, 0.2) is 16.7 Å². The van der Waals surface area contributed by atoms with Gasteiger partial charge in [-0.05, 0) is 44.7 Å². The molecule has 5 rings (SSSR count). The van der Waals surface area contributed by atoms with E-state index in [1.54, 1.807) is 13.0 Å². The van der Waals surface area contributed by atoms with Crippen LogP contribution >= 0.6 is 0 Å². The minimum absolute atomic E-state index is 0.126. The van der Waals surface area contributed by atoms with Gasteiger partial charge in [-0.2, -0.15) is 4.98 Å². The van der Waals surface area contributed by atoms with Gasteiger partial charge in [0.2, 0.25) is 0 Å². The number of hydrogen-bond acceptors (Lipinski definition) is 8. The van der Waals surface area contributed by atoms with E-state index in [1.165, 1.54) is 13.2 Å². The van der Waals surface area contributed by atoms with Gasteiger partial charge >= 0.3 is 0 Å². The lowest BCUT2D eigenvalue weighted by atomic mass is 9.98. The molecule has 0 unspecified atom stereocenters. The Labute approximate surface area is 196 Å².